The molecule has 0 saturated heterocycles. The molecular formula is C29H40N2O4. The number of alkyl carbamates (subject to hydrolysis) is 1. The molecule has 2 aromatic rings. The number of ketones is 1. The first-order valence-corrected chi connectivity index (χ1v) is 12.6. The highest BCUT2D eigenvalue weighted by atomic mass is 16.6. The van der Waals surface area contributed by atoms with Crippen LogP contribution in [-0.4, -0.2) is 41.5 Å². The molecule has 1 unspecified atom stereocenters. The number of hydrogen-bond acceptors (Lipinski definition) is 5. The number of carbonyl (C=O) groups is 2. The average Bonchev–Trinajstić information content (AvgIpc) is 2.97. The zero-order valence-corrected chi connectivity index (χ0v) is 21.8. The number of aryl methyl sites for hydroxylation is 1. The second-order valence-corrected chi connectivity index (χ2v) is 10.8. The SMILES string of the molecule is CC(C)CC(NC(=O)OC(C)(C)C)C(=O)CN1CCCc2cc(OCc3ccccc3)ccc2C1. The van der Waals surface area contributed by atoms with Crippen molar-refractivity contribution in [1.82, 2.24) is 10.2 Å². The lowest BCUT2D eigenvalue weighted by Crippen LogP contribution is -2.47. The van der Waals surface area contributed by atoms with Crippen molar-refractivity contribution in [1.29, 1.82) is 0 Å². The van der Waals surface area contributed by atoms with Gasteiger partial charge in [0.05, 0.1) is 12.6 Å². The summed E-state index contributed by atoms with van der Waals surface area (Å²) >= 11 is 0. The van der Waals surface area contributed by atoms with Gasteiger partial charge in [-0.2, -0.15) is 0 Å². The molecule has 0 spiro atoms. The number of nitrogens with one attached hydrogen (secondary N) is 1. The largest absolute Gasteiger partial charge is 0.489 e. The van der Waals surface area contributed by atoms with Gasteiger partial charge in [0.15, 0.2) is 5.78 Å². The summed E-state index contributed by atoms with van der Waals surface area (Å²) in [7, 11) is 0. The Morgan fingerprint density at radius 1 is 1.06 bits per heavy atom. The number of rotatable bonds is 9. The van der Waals surface area contributed by atoms with E-state index >= 15 is 0 Å². The van der Waals surface area contributed by atoms with E-state index in [1.165, 1.54) is 11.1 Å². The number of carbonyl (C=O) groups excluding carboxylic acids is 2. The van der Waals surface area contributed by atoms with E-state index in [1.54, 1.807) is 0 Å². The second kappa shape index (κ2) is 12.2. The Morgan fingerprint density at radius 3 is 2.49 bits per heavy atom. The Bertz CT molecular complexity index is 982. The van der Waals surface area contributed by atoms with Crippen molar-refractivity contribution >= 4 is 11.9 Å². The van der Waals surface area contributed by atoms with E-state index in [2.05, 4.69) is 48.3 Å². The van der Waals surface area contributed by atoms with Crippen LogP contribution >= 0.6 is 0 Å². The van der Waals surface area contributed by atoms with Crippen LogP contribution in [0.4, 0.5) is 4.79 Å². The quantitative estimate of drug-likeness (QED) is 0.512. The normalized spacial score (nSPS) is 15.1. The molecule has 6 nitrogen and oxygen atoms in total. The van der Waals surface area contributed by atoms with Crippen molar-refractivity contribution < 1.29 is 19.1 Å². The number of hydrogen-bond donors (Lipinski definition) is 1. The molecule has 2 aromatic carbocycles. The van der Waals surface area contributed by atoms with E-state index < -0.39 is 17.7 Å². The number of amides is 1. The molecule has 1 N–H and O–H groups in total. The number of benzene rings is 2. The van der Waals surface area contributed by atoms with Gasteiger partial charge in [0.2, 0.25) is 0 Å². The van der Waals surface area contributed by atoms with Crippen LogP contribution in [0.2, 0.25) is 0 Å². The summed E-state index contributed by atoms with van der Waals surface area (Å²) in [6, 6.07) is 15.9. The highest BCUT2D eigenvalue weighted by Gasteiger charge is 2.27. The van der Waals surface area contributed by atoms with Gasteiger partial charge in [-0.25, -0.2) is 4.79 Å². The molecule has 6 heteroatoms. The molecule has 0 bridgehead atoms. The molecule has 0 aromatic heterocycles. The molecule has 0 radical (unpaired) electrons. The van der Waals surface area contributed by atoms with Gasteiger partial charge in [-0.1, -0.05) is 50.2 Å². The van der Waals surface area contributed by atoms with E-state index in [4.69, 9.17) is 9.47 Å². The summed E-state index contributed by atoms with van der Waals surface area (Å²) in [6.45, 7) is 12.0. The molecule has 35 heavy (non-hydrogen) atoms. The van der Waals surface area contributed by atoms with Crippen LogP contribution in [0.3, 0.4) is 0 Å². The van der Waals surface area contributed by atoms with E-state index in [0.29, 0.717) is 26.1 Å². The number of nitrogens with zero attached hydrogens (tertiary/aromatic N) is 1. The maximum Gasteiger partial charge on any atom is 0.408 e. The first-order chi connectivity index (χ1) is 16.6. The van der Waals surface area contributed by atoms with E-state index in [-0.39, 0.29) is 11.7 Å². The third-order valence-electron chi connectivity index (χ3n) is 5.91. The minimum Gasteiger partial charge on any atom is -0.489 e. The van der Waals surface area contributed by atoms with Crippen LogP contribution in [-0.2, 0) is 29.1 Å². The van der Waals surface area contributed by atoms with Crippen LogP contribution in [0.15, 0.2) is 48.5 Å². The predicted molar refractivity (Wildman–Crippen MR) is 138 cm³/mol. The zero-order chi connectivity index (χ0) is 25.4. The summed E-state index contributed by atoms with van der Waals surface area (Å²) in [5, 5.41) is 2.81. The third kappa shape index (κ3) is 9.02. The van der Waals surface area contributed by atoms with Gasteiger partial charge in [-0.3, -0.25) is 9.69 Å². The third-order valence-corrected chi connectivity index (χ3v) is 5.91. The summed E-state index contributed by atoms with van der Waals surface area (Å²) < 4.78 is 11.4. The number of Topliss-reactive ketones (excluding diaryl/α,β-unsaturated/α-hetero) is 1. The average molecular weight is 481 g/mol. The maximum atomic E-state index is 13.2. The van der Waals surface area contributed by atoms with E-state index in [0.717, 1.165) is 30.7 Å². The van der Waals surface area contributed by atoms with Crippen molar-refractivity contribution in [3.8, 4) is 5.75 Å². The molecule has 1 aliphatic rings. The Morgan fingerprint density at radius 2 is 1.80 bits per heavy atom. The van der Waals surface area contributed by atoms with Crippen LogP contribution in [0.1, 0.15) is 64.2 Å². The van der Waals surface area contributed by atoms with Crippen molar-refractivity contribution in [2.45, 2.75) is 78.7 Å². The monoisotopic (exact) mass is 480 g/mol. The lowest BCUT2D eigenvalue weighted by atomic mass is 10.00. The van der Waals surface area contributed by atoms with Crippen LogP contribution in [0.25, 0.3) is 0 Å². The van der Waals surface area contributed by atoms with Crippen molar-refractivity contribution in [2.75, 3.05) is 13.1 Å². The van der Waals surface area contributed by atoms with Crippen molar-refractivity contribution in [2.24, 2.45) is 5.92 Å². The molecule has 190 valence electrons. The van der Waals surface area contributed by atoms with Gasteiger partial charge in [0.25, 0.3) is 0 Å². The van der Waals surface area contributed by atoms with E-state index in [1.807, 2.05) is 45.0 Å². The summed E-state index contributed by atoms with van der Waals surface area (Å²) in [6.07, 6.45) is 1.97. The Kier molecular flexibility index (Phi) is 9.33. The van der Waals surface area contributed by atoms with Gasteiger partial charge in [-0.05, 0) is 81.3 Å². The van der Waals surface area contributed by atoms with Crippen molar-refractivity contribution in [3.63, 3.8) is 0 Å². The highest BCUT2D eigenvalue weighted by Crippen LogP contribution is 2.24. The van der Waals surface area contributed by atoms with Gasteiger partial charge in [0, 0.05) is 6.54 Å². The second-order valence-electron chi connectivity index (χ2n) is 10.8. The van der Waals surface area contributed by atoms with Gasteiger partial charge in [-0.15, -0.1) is 0 Å². The van der Waals surface area contributed by atoms with Gasteiger partial charge in [0.1, 0.15) is 18.0 Å². The molecule has 3 rings (SSSR count). The fourth-order valence-electron chi connectivity index (χ4n) is 4.29. The molecule has 1 aliphatic heterocycles. The molecular weight excluding hydrogens is 440 g/mol. The summed E-state index contributed by atoms with van der Waals surface area (Å²) in [4.78, 5) is 27.7. The van der Waals surface area contributed by atoms with Crippen LogP contribution < -0.4 is 10.1 Å². The molecule has 0 fully saturated rings. The van der Waals surface area contributed by atoms with Crippen molar-refractivity contribution in [3.05, 3.63) is 65.2 Å². The fourth-order valence-corrected chi connectivity index (χ4v) is 4.29. The first-order valence-electron chi connectivity index (χ1n) is 12.6. The highest BCUT2D eigenvalue weighted by molar-refractivity contribution is 5.89. The van der Waals surface area contributed by atoms with E-state index in [9.17, 15) is 9.59 Å². The van der Waals surface area contributed by atoms with Crippen LogP contribution in [0.5, 0.6) is 5.75 Å². The smallest absolute Gasteiger partial charge is 0.408 e. The zero-order valence-electron chi connectivity index (χ0n) is 21.8. The Hall–Kier alpha value is -2.86. The Labute approximate surface area is 210 Å². The first kappa shape index (κ1) is 26.7. The minimum absolute atomic E-state index is 0.0239. The topological polar surface area (TPSA) is 67.9 Å². The fraction of sp³-hybridized carbons (Fsp3) is 0.517. The standard InChI is InChI=1S/C29H40N2O4/c1-21(2)16-26(30-28(33)35-29(3,4)5)27(32)19-31-15-9-12-23-17-25(14-13-24(23)18-31)34-20-22-10-7-6-8-11-22/h6-8,10-11,13-14,17,21,26H,9,12,15-16,18-20H2,1-5H3,(H,30,33). The molecule has 1 atom stereocenters. The number of ether oxygens (including phenoxy) is 2. The predicted octanol–water partition coefficient (Wildman–Crippen LogP) is 5.52. The lowest BCUT2D eigenvalue weighted by Gasteiger charge is -2.26. The Balaban J connectivity index is 1.61. The summed E-state index contributed by atoms with van der Waals surface area (Å²) in [5.74, 6) is 1.17. The molecule has 1 heterocycles. The maximum absolute atomic E-state index is 13.2. The minimum atomic E-state index is -0.603. The lowest BCUT2D eigenvalue weighted by molar-refractivity contribution is -0.122. The molecule has 0 aliphatic carbocycles. The molecule has 1 amide bonds. The van der Waals surface area contributed by atoms with Gasteiger partial charge >= 0.3 is 6.09 Å². The number of fused-ring (bicyclic) bond motifs is 1. The molecule has 0 saturated carbocycles. The van der Waals surface area contributed by atoms with Gasteiger partial charge < -0.3 is 14.8 Å². The van der Waals surface area contributed by atoms with Crippen LogP contribution in [0, 0.1) is 5.92 Å². The summed E-state index contributed by atoms with van der Waals surface area (Å²) in [5.41, 5.74) is 3.04.